The van der Waals surface area contributed by atoms with Gasteiger partial charge < -0.3 is 9.67 Å². The Labute approximate surface area is 62.3 Å². The van der Waals surface area contributed by atoms with Gasteiger partial charge in [-0.05, 0) is 33.0 Å². The molecule has 0 aromatic heterocycles. The highest BCUT2D eigenvalue weighted by Gasteiger charge is 2.08. The largest absolute Gasteiger partial charge is 0.386 e. The molecule has 0 amide bonds. The molecule has 0 unspecified atom stereocenters. The zero-order valence-corrected chi connectivity index (χ0v) is 7.85. The van der Waals surface area contributed by atoms with Gasteiger partial charge >= 0.3 is 0 Å². The van der Waals surface area contributed by atoms with Crippen molar-refractivity contribution in [3.63, 3.8) is 0 Å². The van der Waals surface area contributed by atoms with E-state index in [4.69, 9.17) is 0 Å². The fraction of sp³-hybridized carbons (Fsp3) is 0.714. The monoisotopic (exact) mass is 162 g/mol. The molecule has 0 aromatic rings. The third-order valence-electron chi connectivity index (χ3n) is 0.841. The van der Waals surface area contributed by atoms with Crippen LogP contribution in [0.1, 0.15) is 13.8 Å². The number of aliphatic hydroxyl groups is 1. The standard InChI is InChI=1S/C7H15O2P/c1-7(2,8)5-6-10(3,4)9/h5-6,8H,1-4H3/b6-5+. The van der Waals surface area contributed by atoms with Crippen LogP contribution in [-0.4, -0.2) is 24.0 Å². The van der Waals surface area contributed by atoms with Crippen molar-refractivity contribution in [2.24, 2.45) is 0 Å². The van der Waals surface area contributed by atoms with Crippen molar-refractivity contribution in [1.29, 1.82) is 0 Å². The molecule has 1 N–H and O–H groups in total. The summed E-state index contributed by atoms with van der Waals surface area (Å²) < 4.78 is 11.1. The summed E-state index contributed by atoms with van der Waals surface area (Å²) >= 11 is 0. The van der Waals surface area contributed by atoms with Crippen molar-refractivity contribution < 1.29 is 9.67 Å². The zero-order chi connectivity index (χ0) is 8.41. The lowest BCUT2D eigenvalue weighted by Crippen LogP contribution is -2.13. The first-order valence-corrected chi connectivity index (χ1v) is 5.85. The van der Waals surface area contributed by atoms with Crippen LogP contribution in [-0.2, 0) is 4.57 Å². The van der Waals surface area contributed by atoms with Gasteiger partial charge in [0.05, 0.1) is 5.60 Å². The molecule has 10 heavy (non-hydrogen) atoms. The van der Waals surface area contributed by atoms with Crippen molar-refractivity contribution in [3.8, 4) is 0 Å². The number of rotatable bonds is 2. The third kappa shape index (κ3) is 7.93. The molecule has 60 valence electrons. The van der Waals surface area contributed by atoms with Gasteiger partial charge in [0.25, 0.3) is 0 Å². The van der Waals surface area contributed by atoms with E-state index in [1.54, 1.807) is 39.1 Å². The van der Waals surface area contributed by atoms with Gasteiger partial charge in [0.2, 0.25) is 0 Å². The molecule has 0 saturated heterocycles. The lowest BCUT2D eigenvalue weighted by atomic mass is 10.1. The molecular formula is C7H15O2P. The topological polar surface area (TPSA) is 37.3 Å². The van der Waals surface area contributed by atoms with Crippen LogP contribution in [0.3, 0.4) is 0 Å². The average molecular weight is 162 g/mol. The molecule has 0 aliphatic carbocycles. The minimum absolute atomic E-state index is 0.846. The van der Waals surface area contributed by atoms with E-state index in [1.165, 1.54) is 0 Å². The first-order chi connectivity index (χ1) is 4.21. The van der Waals surface area contributed by atoms with Crippen molar-refractivity contribution in [3.05, 3.63) is 11.9 Å². The molecule has 0 bridgehead atoms. The van der Waals surface area contributed by atoms with Crippen LogP contribution in [0, 0.1) is 0 Å². The van der Waals surface area contributed by atoms with Gasteiger partial charge in [-0.3, -0.25) is 0 Å². The molecule has 0 saturated carbocycles. The van der Waals surface area contributed by atoms with E-state index >= 15 is 0 Å². The second-order valence-corrected chi connectivity index (χ2v) is 6.57. The predicted molar refractivity (Wildman–Crippen MR) is 44.9 cm³/mol. The van der Waals surface area contributed by atoms with Gasteiger partial charge in [0.1, 0.15) is 7.14 Å². The van der Waals surface area contributed by atoms with Gasteiger partial charge in [0, 0.05) is 0 Å². The number of hydrogen-bond donors (Lipinski definition) is 1. The van der Waals surface area contributed by atoms with Gasteiger partial charge in [-0.15, -0.1) is 0 Å². The summed E-state index contributed by atoms with van der Waals surface area (Å²) in [6.07, 6.45) is 1.56. The quantitative estimate of drug-likeness (QED) is 0.629. The van der Waals surface area contributed by atoms with Crippen molar-refractivity contribution in [1.82, 2.24) is 0 Å². The Kier molecular flexibility index (Phi) is 2.87. The molecule has 0 aromatic carbocycles. The Hall–Kier alpha value is -0.0700. The summed E-state index contributed by atoms with van der Waals surface area (Å²) in [5.41, 5.74) is -0.846. The molecule has 0 radical (unpaired) electrons. The maximum absolute atomic E-state index is 11.1. The normalized spacial score (nSPS) is 14.5. The third-order valence-corrected chi connectivity index (χ3v) is 1.71. The molecule has 0 aliphatic rings. The minimum Gasteiger partial charge on any atom is -0.386 e. The minimum atomic E-state index is -2.10. The van der Waals surface area contributed by atoms with Gasteiger partial charge in [-0.1, -0.05) is 6.08 Å². The summed E-state index contributed by atoms with van der Waals surface area (Å²) in [5, 5.41) is 9.17. The first-order valence-electron chi connectivity index (χ1n) is 3.18. The van der Waals surface area contributed by atoms with Crippen LogP contribution < -0.4 is 0 Å². The summed E-state index contributed by atoms with van der Waals surface area (Å²) in [5.74, 6) is 1.58. The lowest BCUT2D eigenvalue weighted by Gasteiger charge is -2.10. The Morgan fingerprint density at radius 1 is 1.40 bits per heavy atom. The maximum Gasteiger partial charge on any atom is 0.102 e. The fourth-order valence-corrected chi connectivity index (χ4v) is 1.09. The molecular weight excluding hydrogens is 147 g/mol. The van der Waals surface area contributed by atoms with Crippen LogP contribution in [0.2, 0.25) is 0 Å². The van der Waals surface area contributed by atoms with Gasteiger partial charge in [-0.25, -0.2) is 0 Å². The van der Waals surface area contributed by atoms with Crippen molar-refractivity contribution in [2.75, 3.05) is 13.3 Å². The van der Waals surface area contributed by atoms with E-state index in [1.807, 2.05) is 0 Å². The van der Waals surface area contributed by atoms with E-state index in [-0.39, 0.29) is 0 Å². The number of hydrogen-bond acceptors (Lipinski definition) is 2. The molecule has 0 atom stereocenters. The van der Waals surface area contributed by atoms with Gasteiger partial charge in [-0.2, -0.15) is 0 Å². The highest BCUT2D eigenvalue weighted by atomic mass is 31.2. The Bertz CT molecular complexity index is 171. The molecule has 2 nitrogen and oxygen atoms in total. The second-order valence-electron chi connectivity index (χ2n) is 3.40. The van der Waals surface area contributed by atoms with E-state index in [0.29, 0.717) is 0 Å². The van der Waals surface area contributed by atoms with E-state index in [2.05, 4.69) is 0 Å². The van der Waals surface area contributed by atoms with E-state index in [9.17, 15) is 9.67 Å². The molecule has 0 heterocycles. The van der Waals surface area contributed by atoms with Crippen molar-refractivity contribution in [2.45, 2.75) is 19.4 Å². The van der Waals surface area contributed by atoms with Crippen LogP contribution >= 0.6 is 7.14 Å². The molecule has 3 heteroatoms. The van der Waals surface area contributed by atoms with Crippen LogP contribution in [0.5, 0.6) is 0 Å². The molecule has 0 spiro atoms. The smallest absolute Gasteiger partial charge is 0.102 e. The summed E-state index contributed by atoms with van der Waals surface area (Å²) in [6.45, 7) is 6.63. The van der Waals surface area contributed by atoms with Crippen LogP contribution in [0.15, 0.2) is 11.9 Å². The molecule has 0 aliphatic heterocycles. The Balaban J connectivity index is 4.16. The summed E-state index contributed by atoms with van der Waals surface area (Å²) in [7, 11) is -2.10. The van der Waals surface area contributed by atoms with E-state index < -0.39 is 12.7 Å². The highest BCUT2D eigenvalue weighted by molar-refractivity contribution is 7.65. The summed E-state index contributed by atoms with van der Waals surface area (Å²) in [6, 6.07) is 0. The maximum atomic E-state index is 11.1. The Morgan fingerprint density at radius 2 is 1.80 bits per heavy atom. The average Bonchev–Trinajstić information content (AvgIpc) is 1.57. The fourth-order valence-electron chi connectivity index (χ4n) is 0.362. The predicted octanol–water partition coefficient (Wildman–Crippen LogP) is 1.89. The van der Waals surface area contributed by atoms with Crippen molar-refractivity contribution >= 4 is 7.14 Å². The SMILES string of the molecule is CC(C)(O)/C=C/P(C)(C)=O. The van der Waals surface area contributed by atoms with Crippen LogP contribution in [0.25, 0.3) is 0 Å². The zero-order valence-electron chi connectivity index (χ0n) is 6.96. The second kappa shape index (κ2) is 2.89. The molecule has 0 rings (SSSR count). The van der Waals surface area contributed by atoms with Crippen LogP contribution in [0.4, 0.5) is 0 Å². The first kappa shape index (κ1) is 9.93. The lowest BCUT2D eigenvalue weighted by molar-refractivity contribution is 0.133. The highest BCUT2D eigenvalue weighted by Crippen LogP contribution is 2.38. The van der Waals surface area contributed by atoms with Gasteiger partial charge in [0.15, 0.2) is 0 Å². The Morgan fingerprint density at radius 3 is 1.90 bits per heavy atom. The van der Waals surface area contributed by atoms with E-state index in [0.717, 1.165) is 0 Å². The molecule has 0 fully saturated rings. The summed E-state index contributed by atoms with van der Waals surface area (Å²) in [4.78, 5) is 0.